The number of nitrogens with zero attached hydrogens (tertiary/aromatic N) is 2. The first-order chi connectivity index (χ1) is 9.58. The summed E-state index contributed by atoms with van der Waals surface area (Å²) in [4.78, 5) is 12.9. The number of nitrogens with two attached hydrogens (primary N) is 1. The highest BCUT2D eigenvalue weighted by Gasteiger charge is 2.32. The number of piperidine rings is 1. The third-order valence-electron chi connectivity index (χ3n) is 4.12. The predicted octanol–water partition coefficient (Wildman–Crippen LogP) is 3.20. The van der Waals surface area contributed by atoms with E-state index < -0.39 is 0 Å². The molecule has 0 bridgehead atoms. The molecule has 1 aromatic rings. The smallest absolute Gasteiger partial charge is 0.294 e. The van der Waals surface area contributed by atoms with Gasteiger partial charge in [0.25, 0.3) is 5.69 Å². The van der Waals surface area contributed by atoms with Crippen molar-refractivity contribution in [3.05, 3.63) is 33.3 Å². The zero-order valence-electron chi connectivity index (χ0n) is 11.6. The Bertz CT molecular complexity index is 495. The standard InChI is InChI=1S/C14H20ClN3O2/c1-2-10-6-7-17(11(8-10)9-16)14-12(15)4-3-5-13(14)18(19)20/h3-5,10-11H,2,6-9,16H2,1H3. The van der Waals surface area contributed by atoms with E-state index in [9.17, 15) is 10.1 Å². The molecule has 1 aromatic carbocycles. The summed E-state index contributed by atoms with van der Waals surface area (Å²) in [5, 5.41) is 11.6. The fourth-order valence-electron chi connectivity index (χ4n) is 2.96. The molecule has 1 fully saturated rings. The lowest BCUT2D eigenvalue weighted by molar-refractivity contribution is -0.384. The lowest BCUT2D eigenvalue weighted by atomic mass is 9.88. The van der Waals surface area contributed by atoms with Gasteiger partial charge < -0.3 is 10.6 Å². The first kappa shape index (κ1) is 15.1. The third-order valence-corrected chi connectivity index (χ3v) is 4.43. The SMILES string of the molecule is CCC1CCN(c2c(Cl)cccc2[N+](=O)[O-])C(CN)C1. The van der Waals surface area contributed by atoms with E-state index in [1.807, 2.05) is 4.90 Å². The zero-order chi connectivity index (χ0) is 14.7. The van der Waals surface area contributed by atoms with Crippen LogP contribution >= 0.6 is 11.6 Å². The molecule has 2 rings (SSSR count). The first-order valence-electron chi connectivity index (χ1n) is 6.98. The second kappa shape index (κ2) is 6.41. The number of rotatable bonds is 4. The van der Waals surface area contributed by atoms with Gasteiger partial charge in [0.05, 0.1) is 9.95 Å². The van der Waals surface area contributed by atoms with Crippen molar-refractivity contribution in [3.8, 4) is 0 Å². The second-order valence-electron chi connectivity index (χ2n) is 5.25. The van der Waals surface area contributed by atoms with Crippen LogP contribution in [-0.4, -0.2) is 24.1 Å². The monoisotopic (exact) mass is 297 g/mol. The Morgan fingerprint density at radius 1 is 1.55 bits per heavy atom. The number of nitro groups is 1. The van der Waals surface area contributed by atoms with Crippen molar-refractivity contribution < 1.29 is 4.92 Å². The van der Waals surface area contributed by atoms with E-state index in [1.54, 1.807) is 12.1 Å². The highest BCUT2D eigenvalue weighted by atomic mass is 35.5. The second-order valence-corrected chi connectivity index (χ2v) is 5.65. The maximum Gasteiger partial charge on any atom is 0.294 e. The van der Waals surface area contributed by atoms with Crippen LogP contribution < -0.4 is 10.6 Å². The Balaban J connectivity index is 2.37. The van der Waals surface area contributed by atoms with Crippen LogP contribution in [0.15, 0.2) is 18.2 Å². The number of benzene rings is 1. The van der Waals surface area contributed by atoms with Crippen LogP contribution in [0.2, 0.25) is 5.02 Å². The molecule has 5 nitrogen and oxygen atoms in total. The largest absolute Gasteiger partial charge is 0.360 e. The van der Waals surface area contributed by atoms with Gasteiger partial charge in [-0.15, -0.1) is 0 Å². The fraction of sp³-hybridized carbons (Fsp3) is 0.571. The fourth-order valence-corrected chi connectivity index (χ4v) is 3.24. The summed E-state index contributed by atoms with van der Waals surface area (Å²) in [5.41, 5.74) is 6.45. The van der Waals surface area contributed by atoms with Crippen LogP contribution in [0, 0.1) is 16.0 Å². The van der Waals surface area contributed by atoms with E-state index in [4.69, 9.17) is 17.3 Å². The Hall–Kier alpha value is -1.33. The maximum absolute atomic E-state index is 11.2. The van der Waals surface area contributed by atoms with Crippen molar-refractivity contribution in [2.45, 2.75) is 32.2 Å². The van der Waals surface area contributed by atoms with Gasteiger partial charge in [-0.3, -0.25) is 10.1 Å². The van der Waals surface area contributed by atoms with Gasteiger partial charge in [0.15, 0.2) is 0 Å². The van der Waals surface area contributed by atoms with Crippen molar-refractivity contribution >= 4 is 23.0 Å². The van der Waals surface area contributed by atoms with Crippen molar-refractivity contribution in [1.29, 1.82) is 0 Å². The van der Waals surface area contributed by atoms with Crippen LogP contribution in [0.25, 0.3) is 0 Å². The quantitative estimate of drug-likeness (QED) is 0.684. The average molecular weight is 298 g/mol. The summed E-state index contributed by atoms with van der Waals surface area (Å²) in [6.45, 7) is 3.43. The number of halogens is 1. The van der Waals surface area contributed by atoms with E-state index in [-0.39, 0.29) is 16.7 Å². The Morgan fingerprint density at radius 2 is 2.30 bits per heavy atom. The van der Waals surface area contributed by atoms with Gasteiger partial charge in [-0.2, -0.15) is 0 Å². The number of para-hydroxylation sites is 1. The first-order valence-corrected chi connectivity index (χ1v) is 7.35. The minimum atomic E-state index is -0.374. The average Bonchev–Trinajstić information content (AvgIpc) is 2.46. The maximum atomic E-state index is 11.2. The van der Waals surface area contributed by atoms with E-state index in [1.165, 1.54) is 6.07 Å². The lowest BCUT2D eigenvalue weighted by Crippen LogP contribution is -2.47. The topological polar surface area (TPSA) is 72.4 Å². The summed E-state index contributed by atoms with van der Waals surface area (Å²) >= 11 is 6.21. The summed E-state index contributed by atoms with van der Waals surface area (Å²) in [6, 6.07) is 4.93. The van der Waals surface area contributed by atoms with Gasteiger partial charge in [0.2, 0.25) is 0 Å². The summed E-state index contributed by atoms with van der Waals surface area (Å²) in [6.07, 6.45) is 3.11. The zero-order valence-corrected chi connectivity index (χ0v) is 12.3. The molecular formula is C14H20ClN3O2. The summed E-state index contributed by atoms with van der Waals surface area (Å²) in [5.74, 6) is 0.640. The van der Waals surface area contributed by atoms with Crippen LogP contribution in [-0.2, 0) is 0 Å². The molecule has 20 heavy (non-hydrogen) atoms. The molecule has 2 atom stereocenters. The number of anilines is 1. The van der Waals surface area contributed by atoms with Crippen molar-refractivity contribution in [3.63, 3.8) is 0 Å². The van der Waals surface area contributed by atoms with Crippen LogP contribution in [0.3, 0.4) is 0 Å². The highest BCUT2D eigenvalue weighted by Crippen LogP contribution is 2.39. The molecule has 1 aliphatic heterocycles. The number of nitro benzene ring substituents is 1. The number of hydrogen-bond donors (Lipinski definition) is 1. The molecule has 1 heterocycles. The minimum absolute atomic E-state index is 0.0610. The Labute approximate surface area is 123 Å². The lowest BCUT2D eigenvalue weighted by Gasteiger charge is -2.40. The van der Waals surface area contributed by atoms with E-state index in [0.29, 0.717) is 23.2 Å². The van der Waals surface area contributed by atoms with Crippen LogP contribution in [0.4, 0.5) is 11.4 Å². The van der Waals surface area contributed by atoms with Gasteiger partial charge in [0.1, 0.15) is 5.69 Å². The molecule has 0 spiro atoms. The molecule has 2 N–H and O–H groups in total. The normalized spacial score (nSPS) is 22.9. The van der Waals surface area contributed by atoms with Crippen molar-refractivity contribution in [2.24, 2.45) is 11.7 Å². The highest BCUT2D eigenvalue weighted by molar-refractivity contribution is 6.33. The molecule has 0 aromatic heterocycles. The molecule has 6 heteroatoms. The van der Waals surface area contributed by atoms with Crippen molar-refractivity contribution in [1.82, 2.24) is 0 Å². The van der Waals surface area contributed by atoms with Crippen LogP contribution in [0.1, 0.15) is 26.2 Å². The van der Waals surface area contributed by atoms with E-state index in [2.05, 4.69) is 6.92 Å². The molecule has 1 saturated heterocycles. The third kappa shape index (κ3) is 2.88. The summed E-state index contributed by atoms with van der Waals surface area (Å²) < 4.78 is 0. The van der Waals surface area contributed by atoms with E-state index >= 15 is 0 Å². The minimum Gasteiger partial charge on any atom is -0.360 e. The van der Waals surface area contributed by atoms with Gasteiger partial charge in [0, 0.05) is 25.2 Å². The molecule has 110 valence electrons. The number of hydrogen-bond acceptors (Lipinski definition) is 4. The molecular weight excluding hydrogens is 278 g/mol. The van der Waals surface area contributed by atoms with Gasteiger partial charge in [-0.1, -0.05) is 31.0 Å². The molecule has 2 unspecified atom stereocenters. The Morgan fingerprint density at radius 3 is 2.90 bits per heavy atom. The summed E-state index contributed by atoms with van der Waals surface area (Å²) in [7, 11) is 0. The van der Waals surface area contributed by atoms with Gasteiger partial charge in [-0.25, -0.2) is 0 Å². The van der Waals surface area contributed by atoms with Gasteiger partial charge in [-0.05, 0) is 24.8 Å². The molecule has 0 radical (unpaired) electrons. The van der Waals surface area contributed by atoms with Crippen molar-refractivity contribution in [2.75, 3.05) is 18.0 Å². The van der Waals surface area contributed by atoms with Crippen LogP contribution in [0.5, 0.6) is 0 Å². The van der Waals surface area contributed by atoms with Gasteiger partial charge >= 0.3 is 0 Å². The predicted molar refractivity (Wildman–Crippen MR) is 81.3 cm³/mol. The molecule has 0 aliphatic carbocycles. The molecule has 0 amide bonds. The molecule has 1 aliphatic rings. The Kier molecular flexibility index (Phi) is 4.83. The van der Waals surface area contributed by atoms with E-state index in [0.717, 1.165) is 25.8 Å². The molecule has 0 saturated carbocycles.